The third-order valence-corrected chi connectivity index (χ3v) is 2.18. The first-order valence-electron chi connectivity index (χ1n) is 5.26. The number of hydrazine groups is 2. The molecule has 6 nitrogen and oxygen atoms in total. The third kappa shape index (κ3) is 3.91. The van der Waals surface area contributed by atoms with Gasteiger partial charge in [0.25, 0.3) is 0 Å². The average molecular weight is 277 g/mol. The van der Waals surface area contributed by atoms with Gasteiger partial charge in [-0.3, -0.25) is 0 Å². The minimum Gasteiger partial charge on any atom is -0.446 e. The Morgan fingerprint density at radius 2 is 1.95 bits per heavy atom. The largest absolute Gasteiger partial charge is 0.573 e. The number of ether oxygens (including phenoxy) is 2. The van der Waals surface area contributed by atoms with Crippen molar-refractivity contribution in [2.24, 2.45) is 0 Å². The van der Waals surface area contributed by atoms with Crippen LogP contribution in [0.4, 0.5) is 23.7 Å². The molecule has 0 bridgehead atoms. The van der Waals surface area contributed by atoms with Crippen molar-refractivity contribution in [2.75, 3.05) is 18.6 Å². The Morgan fingerprint density at radius 3 is 2.47 bits per heavy atom. The number of nitrogens with zero attached hydrogens (tertiary/aromatic N) is 1. The number of hydrogen-bond acceptors (Lipinski definition) is 5. The molecule has 104 valence electrons. The molecular formula is C10H10F3N3O3. The number of carbonyl (C=O) groups is 1. The fourth-order valence-corrected chi connectivity index (χ4v) is 1.37. The molecule has 0 aliphatic carbocycles. The van der Waals surface area contributed by atoms with Gasteiger partial charge < -0.3 is 14.9 Å². The molecule has 0 unspecified atom stereocenters. The van der Waals surface area contributed by atoms with E-state index in [0.29, 0.717) is 12.2 Å². The van der Waals surface area contributed by atoms with Crippen LogP contribution in [-0.4, -0.2) is 30.6 Å². The van der Waals surface area contributed by atoms with Gasteiger partial charge in [0.2, 0.25) is 0 Å². The maximum Gasteiger partial charge on any atom is 0.573 e. The van der Waals surface area contributed by atoms with Crippen LogP contribution in [0.5, 0.6) is 5.75 Å². The number of hydrogen-bond donors (Lipinski definition) is 2. The van der Waals surface area contributed by atoms with E-state index < -0.39 is 12.5 Å². The van der Waals surface area contributed by atoms with Crippen LogP contribution in [0.1, 0.15) is 0 Å². The van der Waals surface area contributed by atoms with Crippen molar-refractivity contribution >= 4 is 11.8 Å². The molecule has 1 saturated heterocycles. The summed E-state index contributed by atoms with van der Waals surface area (Å²) in [5.74, 6) is -0.321. The van der Waals surface area contributed by atoms with E-state index in [-0.39, 0.29) is 12.4 Å². The van der Waals surface area contributed by atoms with E-state index in [4.69, 9.17) is 0 Å². The Balaban J connectivity index is 1.86. The number of anilines is 1. The van der Waals surface area contributed by atoms with Gasteiger partial charge in [-0.1, -0.05) is 0 Å². The molecule has 0 aromatic heterocycles. The number of nitrogens with one attached hydrogen (secondary N) is 2. The molecule has 1 aromatic rings. The summed E-state index contributed by atoms with van der Waals surface area (Å²) in [4.78, 5) is 11.1. The van der Waals surface area contributed by atoms with Crippen molar-refractivity contribution in [1.82, 2.24) is 10.5 Å². The Bertz CT molecular complexity index is 450. The first kappa shape index (κ1) is 13.3. The SMILES string of the molecule is O=C1OCCN1NNc1ccc(OC(F)(F)F)cc1. The van der Waals surface area contributed by atoms with E-state index in [9.17, 15) is 18.0 Å². The van der Waals surface area contributed by atoms with Crippen LogP contribution in [0.2, 0.25) is 0 Å². The molecule has 0 atom stereocenters. The van der Waals surface area contributed by atoms with Gasteiger partial charge in [-0.05, 0) is 24.3 Å². The molecule has 19 heavy (non-hydrogen) atoms. The maximum absolute atomic E-state index is 11.9. The molecule has 0 spiro atoms. The molecule has 2 N–H and O–H groups in total. The van der Waals surface area contributed by atoms with Crippen LogP contribution in [0.15, 0.2) is 24.3 Å². The van der Waals surface area contributed by atoms with E-state index in [2.05, 4.69) is 20.4 Å². The second kappa shape index (κ2) is 5.22. The van der Waals surface area contributed by atoms with E-state index >= 15 is 0 Å². The van der Waals surface area contributed by atoms with E-state index in [1.165, 1.54) is 17.1 Å². The predicted octanol–water partition coefficient (Wildman–Crippen LogP) is 1.87. The summed E-state index contributed by atoms with van der Waals surface area (Å²) in [5.41, 5.74) is 5.67. The number of carbonyl (C=O) groups excluding carboxylic acids is 1. The maximum atomic E-state index is 11.9. The zero-order valence-electron chi connectivity index (χ0n) is 9.53. The number of cyclic esters (lactones) is 1. The zero-order valence-corrected chi connectivity index (χ0v) is 9.53. The highest BCUT2D eigenvalue weighted by Crippen LogP contribution is 2.23. The predicted molar refractivity (Wildman–Crippen MR) is 57.9 cm³/mol. The van der Waals surface area contributed by atoms with Gasteiger partial charge in [0.15, 0.2) is 0 Å². The fraction of sp³-hybridized carbons (Fsp3) is 0.300. The highest BCUT2D eigenvalue weighted by atomic mass is 19.4. The molecule has 2 rings (SSSR count). The van der Waals surface area contributed by atoms with Crippen LogP contribution in [0.3, 0.4) is 0 Å². The lowest BCUT2D eigenvalue weighted by Gasteiger charge is -2.16. The summed E-state index contributed by atoms with van der Waals surface area (Å²) < 4.78 is 44.2. The fourth-order valence-electron chi connectivity index (χ4n) is 1.37. The summed E-state index contributed by atoms with van der Waals surface area (Å²) in [5, 5.41) is 1.19. The number of benzene rings is 1. The molecule has 1 aromatic carbocycles. The monoisotopic (exact) mass is 277 g/mol. The van der Waals surface area contributed by atoms with Gasteiger partial charge in [0.1, 0.15) is 12.4 Å². The minimum absolute atomic E-state index is 0.284. The number of rotatable bonds is 4. The van der Waals surface area contributed by atoms with Crippen molar-refractivity contribution in [3.63, 3.8) is 0 Å². The van der Waals surface area contributed by atoms with Gasteiger partial charge in [-0.25, -0.2) is 9.80 Å². The molecule has 1 amide bonds. The van der Waals surface area contributed by atoms with Crippen molar-refractivity contribution in [1.29, 1.82) is 0 Å². The summed E-state index contributed by atoms with van der Waals surface area (Å²) >= 11 is 0. The van der Waals surface area contributed by atoms with Crippen LogP contribution in [0.25, 0.3) is 0 Å². The van der Waals surface area contributed by atoms with E-state index in [1.807, 2.05) is 0 Å². The molecule has 1 aliphatic heterocycles. The van der Waals surface area contributed by atoms with Gasteiger partial charge in [0.05, 0.1) is 12.2 Å². The van der Waals surface area contributed by atoms with Gasteiger partial charge in [-0.2, -0.15) is 0 Å². The van der Waals surface area contributed by atoms with Crippen LogP contribution in [-0.2, 0) is 4.74 Å². The molecule has 0 saturated carbocycles. The average Bonchev–Trinajstić information content (AvgIpc) is 2.72. The van der Waals surface area contributed by atoms with Crippen molar-refractivity contribution in [3.05, 3.63) is 24.3 Å². The lowest BCUT2D eigenvalue weighted by atomic mass is 10.3. The smallest absolute Gasteiger partial charge is 0.446 e. The van der Waals surface area contributed by atoms with Gasteiger partial charge in [-0.15, -0.1) is 18.7 Å². The zero-order chi connectivity index (χ0) is 13.9. The van der Waals surface area contributed by atoms with Crippen molar-refractivity contribution in [2.45, 2.75) is 6.36 Å². The Hall–Kier alpha value is -2.16. The minimum atomic E-state index is -4.72. The van der Waals surface area contributed by atoms with Crippen LogP contribution >= 0.6 is 0 Å². The van der Waals surface area contributed by atoms with Gasteiger partial charge in [0, 0.05) is 0 Å². The molecular weight excluding hydrogens is 267 g/mol. The summed E-state index contributed by atoms with van der Waals surface area (Å²) in [6.45, 7) is 0.660. The normalized spacial score (nSPS) is 15.3. The second-order valence-corrected chi connectivity index (χ2v) is 3.57. The lowest BCUT2D eigenvalue weighted by Crippen LogP contribution is -2.42. The molecule has 9 heteroatoms. The molecule has 0 radical (unpaired) electrons. The quantitative estimate of drug-likeness (QED) is 0.823. The van der Waals surface area contributed by atoms with E-state index in [1.54, 1.807) is 0 Å². The summed E-state index contributed by atoms with van der Waals surface area (Å²) in [7, 11) is 0. The van der Waals surface area contributed by atoms with E-state index in [0.717, 1.165) is 12.1 Å². The first-order chi connectivity index (χ1) is 8.94. The summed E-state index contributed by atoms with van der Waals surface area (Å²) in [6, 6.07) is 5.05. The Labute approximate surface area is 106 Å². The van der Waals surface area contributed by atoms with Crippen molar-refractivity contribution in [3.8, 4) is 5.75 Å². The lowest BCUT2D eigenvalue weighted by molar-refractivity contribution is -0.274. The van der Waals surface area contributed by atoms with Crippen LogP contribution < -0.4 is 15.7 Å². The Kier molecular flexibility index (Phi) is 3.65. The van der Waals surface area contributed by atoms with Crippen LogP contribution in [0, 0.1) is 0 Å². The number of halogens is 3. The highest BCUT2D eigenvalue weighted by Gasteiger charge is 2.31. The number of alkyl halides is 3. The highest BCUT2D eigenvalue weighted by molar-refractivity contribution is 5.68. The second-order valence-electron chi connectivity index (χ2n) is 3.57. The Morgan fingerprint density at radius 1 is 1.26 bits per heavy atom. The first-order valence-corrected chi connectivity index (χ1v) is 5.26. The number of amides is 1. The molecule has 1 aliphatic rings. The topological polar surface area (TPSA) is 62.8 Å². The molecule has 1 heterocycles. The molecule has 1 fully saturated rings. The summed E-state index contributed by atoms with van der Waals surface area (Å²) in [6.07, 6.45) is -5.24. The third-order valence-electron chi connectivity index (χ3n) is 2.18. The van der Waals surface area contributed by atoms with Gasteiger partial charge >= 0.3 is 12.5 Å². The standard InChI is InChI=1S/C10H10F3N3O3/c11-10(12,13)19-8-3-1-7(2-4-8)14-15-16-5-6-18-9(16)17/h1-4,14-15H,5-6H2. The van der Waals surface area contributed by atoms with Crippen molar-refractivity contribution < 1.29 is 27.4 Å².